The first-order chi connectivity index (χ1) is 7.93. The monoisotopic (exact) mass is 237 g/mol. The van der Waals surface area contributed by atoms with Gasteiger partial charge < -0.3 is 10.0 Å². The van der Waals surface area contributed by atoms with Crippen molar-refractivity contribution in [3.8, 4) is 0 Å². The van der Waals surface area contributed by atoms with E-state index in [1.54, 1.807) is 0 Å². The van der Waals surface area contributed by atoms with Crippen molar-refractivity contribution in [1.82, 2.24) is 9.97 Å². The van der Waals surface area contributed by atoms with Crippen LogP contribution in [0.2, 0.25) is 0 Å². The minimum Gasteiger partial charge on any atom is -0.390 e. The topological polar surface area (TPSA) is 49.3 Å². The number of hydrogen-bond donors (Lipinski definition) is 1. The molecule has 0 aliphatic carbocycles. The van der Waals surface area contributed by atoms with Gasteiger partial charge in [0.25, 0.3) is 0 Å². The first-order valence-electron chi connectivity index (χ1n) is 6.16. The van der Waals surface area contributed by atoms with E-state index in [9.17, 15) is 5.11 Å². The van der Waals surface area contributed by atoms with Crippen LogP contribution in [0.15, 0.2) is 6.07 Å². The lowest BCUT2D eigenvalue weighted by molar-refractivity contribution is 0.276. The highest BCUT2D eigenvalue weighted by atomic mass is 16.3. The first-order valence-corrected chi connectivity index (χ1v) is 6.16. The Kier molecular flexibility index (Phi) is 4.87. The Bertz CT molecular complexity index is 364. The number of aliphatic hydroxyl groups is 1. The second-order valence-corrected chi connectivity index (χ2v) is 5.10. The number of nitrogens with zero attached hydrogens (tertiary/aromatic N) is 3. The average molecular weight is 237 g/mol. The maximum Gasteiger partial charge on any atom is 0.226 e. The van der Waals surface area contributed by atoms with Crippen molar-refractivity contribution in [1.29, 1.82) is 0 Å². The summed E-state index contributed by atoms with van der Waals surface area (Å²) in [4.78, 5) is 11.0. The average Bonchev–Trinajstić information content (AvgIpc) is 2.24. The van der Waals surface area contributed by atoms with Crippen molar-refractivity contribution in [3.05, 3.63) is 17.5 Å². The highest BCUT2D eigenvalue weighted by Crippen LogP contribution is 2.15. The fourth-order valence-electron chi connectivity index (χ4n) is 1.74. The fraction of sp³-hybridized carbons (Fsp3) is 0.692. The molecule has 1 aromatic heterocycles. The van der Waals surface area contributed by atoms with Gasteiger partial charge in [-0.15, -0.1) is 0 Å². The largest absolute Gasteiger partial charge is 0.390 e. The SMILES string of the molecule is Cc1cc(CO)nc(N(CC(C)C)C(C)C)n1. The summed E-state index contributed by atoms with van der Waals surface area (Å²) in [5.74, 6) is 1.27. The van der Waals surface area contributed by atoms with Crippen molar-refractivity contribution in [2.45, 2.75) is 47.3 Å². The fourth-order valence-corrected chi connectivity index (χ4v) is 1.74. The van der Waals surface area contributed by atoms with Gasteiger partial charge in [0.05, 0.1) is 12.3 Å². The van der Waals surface area contributed by atoms with Crippen LogP contribution in [-0.2, 0) is 6.61 Å². The molecule has 1 rings (SSSR count). The van der Waals surface area contributed by atoms with E-state index < -0.39 is 0 Å². The molecule has 4 heteroatoms. The van der Waals surface area contributed by atoms with Gasteiger partial charge in [0.15, 0.2) is 0 Å². The number of aliphatic hydroxyl groups excluding tert-OH is 1. The Morgan fingerprint density at radius 3 is 2.35 bits per heavy atom. The van der Waals surface area contributed by atoms with Crippen LogP contribution < -0.4 is 4.90 Å². The molecule has 17 heavy (non-hydrogen) atoms. The molecule has 1 aromatic rings. The van der Waals surface area contributed by atoms with E-state index in [-0.39, 0.29) is 6.61 Å². The van der Waals surface area contributed by atoms with Crippen LogP contribution in [0.3, 0.4) is 0 Å². The molecule has 0 saturated heterocycles. The van der Waals surface area contributed by atoms with Crippen LogP contribution in [0.1, 0.15) is 39.1 Å². The number of aryl methyl sites for hydroxylation is 1. The smallest absolute Gasteiger partial charge is 0.226 e. The van der Waals surface area contributed by atoms with E-state index in [4.69, 9.17) is 0 Å². The lowest BCUT2D eigenvalue weighted by Gasteiger charge is -2.28. The Hall–Kier alpha value is -1.16. The van der Waals surface area contributed by atoms with Gasteiger partial charge >= 0.3 is 0 Å². The minimum absolute atomic E-state index is 0.0377. The molecule has 0 aromatic carbocycles. The van der Waals surface area contributed by atoms with Gasteiger partial charge in [-0.1, -0.05) is 13.8 Å². The van der Waals surface area contributed by atoms with Gasteiger partial charge in [-0.2, -0.15) is 0 Å². The van der Waals surface area contributed by atoms with Gasteiger partial charge in [0.1, 0.15) is 0 Å². The molecule has 0 spiro atoms. The normalized spacial score (nSPS) is 11.3. The Balaban J connectivity index is 3.04. The summed E-state index contributed by atoms with van der Waals surface area (Å²) in [6.07, 6.45) is 0. The van der Waals surface area contributed by atoms with Gasteiger partial charge in [0, 0.05) is 18.3 Å². The highest BCUT2D eigenvalue weighted by Gasteiger charge is 2.15. The summed E-state index contributed by atoms with van der Waals surface area (Å²) >= 11 is 0. The lowest BCUT2D eigenvalue weighted by atomic mass is 10.2. The summed E-state index contributed by atoms with van der Waals surface area (Å²) in [7, 11) is 0. The zero-order chi connectivity index (χ0) is 13.0. The molecule has 4 nitrogen and oxygen atoms in total. The minimum atomic E-state index is -0.0377. The summed E-state index contributed by atoms with van der Waals surface area (Å²) in [6.45, 7) is 11.4. The van der Waals surface area contributed by atoms with Crippen molar-refractivity contribution >= 4 is 5.95 Å². The standard InChI is InChI=1S/C13H23N3O/c1-9(2)7-16(10(3)4)13-14-11(5)6-12(8-17)15-13/h6,9-10,17H,7-8H2,1-5H3. The Morgan fingerprint density at radius 2 is 1.88 bits per heavy atom. The molecule has 0 aliphatic heterocycles. The van der Waals surface area contributed by atoms with Crippen LogP contribution in [0.25, 0.3) is 0 Å². The molecular weight excluding hydrogens is 214 g/mol. The summed E-state index contributed by atoms with van der Waals surface area (Å²) in [6, 6.07) is 2.17. The van der Waals surface area contributed by atoms with Crippen molar-refractivity contribution in [2.75, 3.05) is 11.4 Å². The Morgan fingerprint density at radius 1 is 1.24 bits per heavy atom. The molecule has 0 atom stereocenters. The van der Waals surface area contributed by atoms with Crippen molar-refractivity contribution in [3.63, 3.8) is 0 Å². The zero-order valence-corrected chi connectivity index (χ0v) is 11.4. The third kappa shape index (κ3) is 3.97. The molecule has 0 saturated carbocycles. The molecule has 96 valence electrons. The van der Waals surface area contributed by atoms with Gasteiger partial charge in [-0.3, -0.25) is 0 Å². The van der Waals surface area contributed by atoms with Gasteiger partial charge in [0.2, 0.25) is 5.95 Å². The highest BCUT2D eigenvalue weighted by molar-refractivity contribution is 5.33. The number of anilines is 1. The second-order valence-electron chi connectivity index (χ2n) is 5.10. The van der Waals surface area contributed by atoms with Crippen LogP contribution in [0.5, 0.6) is 0 Å². The molecule has 0 amide bonds. The van der Waals surface area contributed by atoms with Crippen molar-refractivity contribution < 1.29 is 5.11 Å². The van der Waals surface area contributed by atoms with E-state index in [0.717, 1.165) is 18.2 Å². The second kappa shape index (κ2) is 5.96. The maximum atomic E-state index is 9.18. The molecule has 0 radical (unpaired) electrons. The zero-order valence-electron chi connectivity index (χ0n) is 11.4. The summed E-state index contributed by atoms with van der Waals surface area (Å²) in [5, 5.41) is 9.18. The third-order valence-corrected chi connectivity index (χ3v) is 2.50. The van der Waals surface area contributed by atoms with E-state index in [0.29, 0.717) is 17.7 Å². The van der Waals surface area contributed by atoms with Gasteiger partial charge in [-0.05, 0) is 32.8 Å². The predicted molar refractivity (Wildman–Crippen MR) is 70.0 cm³/mol. The molecule has 0 bridgehead atoms. The molecule has 0 fully saturated rings. The Labute approximate surface area is 104 Å². The number of aromatic nitrogens is 2. The van der Waals surface area contributed by atoms with E-state index in [2.05, 4.69) is 42.6 Å². The molecule has 1 N–H and O–H groups in total. The summed E-state index contributed by atoms with van der Waals surface area (Å²) in [5.41, 5.74) is 1.58. The van der Waals surface area contributed by atoms with Crippen LogP contribution in [-0.4, -0.2) is 27.7 Å². The maximum absolute atomic E-state index is 9.18. The molecule has 1 heterocycles. The van der Waals surface area contributed by atoms with Crippen LogP contribution in [0, 0.1) is 12.8 Å². The van der Waals surface area contributed by atoms with Crippen LogP contribution >= 0.6 is 0 Å². The van der Waals surface area contributed by atoms with Crippen LogP contribution in [0.4, 0.5) is 5.95 Å². The van der Waals surface area contributed by atoms with E-state index >= 15 is 0 Å². The number of hydrogen-bond acceptors (Lipinski definition) is 4. The number of rotatable bonds is 5. The predicted octanol–water partition coefficient (Wildman–Crippen LogP) is 2.15. The summed E-state index contributed by atoms with van der Waals surface area (Å²) < 4.78 is 0. The quantitative estimate of drug-likeness (QED) is 0.852. The van der Waals surface area contributed by atoms with Gasteiger partial charge in [-0.25, -0.2) is 9.97 Å². The molecule has 0 aliphatic rings. The van der Waals surface area contributed by atoms with E-state index in [1.165, 1.54) is 0 Å². The first kappa shape index (κ1) is 13.9. The molecular formula is C13H23N3O. The lowest BCUT2D eigenvalue weighted by Crippen LogP contribution is -2.35. The third-order valence-electron chi connectivity index (χ3n) is 2.50. The molecule has 0 unspecified atom stereocenters. The van der Waals surface area contributed by atoms with Crippen molar-refractivity contribution in [2.24, 2.45) is 5.92 Å². The van der Waals surface area contributed by atoms with E-state index in [1.807, 2.05) is 13.0 Å².